The molecule has 0 saturated heterocycles. The second kappa shape index (κ2) is 9.87. The Kier molecular flexibility index (Phi) is 7.18. The summed E-state index contributed by atoms with van der Waals surface area (Å²) in [6.45, 7) is 4.80. The van der Waals surface area contributed by atoms with E-state index in [4.69, 9.17) is 0 Å². The highest BCUT2D eigenvalue weighted by molar-refractivity contribution is 5.03. The van der Waals surface area contributed by atoms with Gasteiger partial charge in [0.15, 0.2) is 0 Å². The van der Waals surface area contributed by atoms with Crippen LogP contribution in [-0.4, -0.2) is 0 Å². The highest BCUT2D eigenvalue weighted by Crippen LogP contribution is 2.62. The van der Waals surface area contributed by atoms with Gasteiger partial charge in [0.2, 0.25) is 0 Å². The molecule has 0 aromatic carbocycles. The van der Waals surface area contributed by atoms with Crippen LogP contribution in [0.1, 0.15) is 129 Å². The van der Waals surface area contributed by atoms with E-state index in [1.165, 1.54) is 43.9 Å². The van der Waals surface area contributed by atoms with Gasteiger partial charge < -0.3 is 0 Å². The normalized spacial score (nSPS) is 46.8. The van der Waals surface area contributed by atoms with Gasteiger partial charge in [0.25, 0.3) is 0 Å². The van der Waals surface area contributed by atoms with Crippen molar-refractivity contribution in [3.8, 4) is 0 Å². The van der Waals surface area contributed by atoms with Gasteiger partial charge in [-0.25, -0.2) is 0 Å². The third-order valence-electron chi connectivity index (χ3n) is 11.6. The second-order valence-electron chi connectivity index (χ2n) is 12.8. The zero-order valence-electron chi connectivity index (χ0n) is 20.5. The molecule has 30 heavy (non-hydrogen) atoms. The molecular formula is C30H52. The fourth-order valence-corrected chi connectivity index (χ4v) is 10.4. The van der Waals surface area contributed by atoms with Crippen LogP contribution >= 0.6 is 0 Å². The Morgan fingerprint density at radius 1 is 0.533 bits per heavy atom. The van der Waals surface area contributed by atoms with Gasteiger partial charge in [-0.1, -0.05) is 65.2 Å². The van der Waals surface area contributed by atoms with Gasteiger partial charge in [-0.15, -0.1) is 0 Å². The molecule has 5 aliphatic rings. The average Bonchev–Trinajstić information content (AvgIpc) is 2.80. The first-order valence-electron chi connectivity index (χ1n) is 14.8. The van der Waals surface area contributed by atoms with E-state index in [-0.39, 0.29) is 0 Å². The van der Waals surface area contributed by atoms with Crippen LogP contribution in [0.5, 0.6) is 0 Å². The lowest BCUT2D eigenvalue weighted by Gasteiger charge is -2.60. The van der Waals surface area contributed by atoms with Crippen molar-refractivity contribution >= 4 is 0 Å². The van der Waals surface area contributed by atoms with Crippen LogP contribution in [0.25, 0.3) is 0 Å². The summed E-state index contributed by atoms with van der Waals surface area (Å²) in [5, 5.41) is 0. The van der Waals surface area contributed by atoms with Crippen LogP contribution in [0.3, 0.4) is 0 Å². The summed E-state index contributed by atoms with van der Waals surface area (Å²) in [4.78, 5) is 0. The molecule has 172 valence electrons. The molecule has 5 rings (SSSR count). The number of rotatable bonds is 7. The fourth-order valence-electron chi connectivity index (χ4n) is 10.4. The molecule has 0 N–H and O–H groups in total. The molecule has 0 radical (unpaired) electrons. The van der Waals surface area contributed by atoms with Crippen LogP contribution in [0, 0.1) is 59.2 Å². The number of hydrogen-bond donors (Lipinski definition) is 0. The maximum absolute atomic E-state index is 2.42. The Labute approximate surface area is 188 Å². The van der Waals surface area contributed by atoms with E-state index in [1.807, 2.05) is 0 Å². The van der Waals surface area contributed by atoms with Crippen molar-refractivity contribution < 1.29 is 0 Å². The SMILES string of the molecule is CCCCC(CCC)C1CCC(C2CCC3CCC4CCCC5CCC2C3C45)CC1. The zero-order chi connectivity index (χ0) is 20.5. The van der Waals surface area contributed by atoms with Gasteiger partial charge in [0.05, 0.1) is 0 Å². The molecule has 5 saturated carbocycles. The summed E-state index contributed by atoms with van der Waals surface area (Å²) in [5.41, 5.74) is 0. The van der Waals surface area contributed by atoms with E-state index in [9.17, 15) is 0 Å². The minimum absolute atomic E-state index is 1.06. The van der Waals surface area contributed by atoms with Gasteiger partial charge in [0.1, 0.15) is 0 Å². The molecule has 0 spiro atoms. The van der Waals surface area contributed by atoms with Gasteiger partial charge in [-0.3, -0.25) is 0 Å². The van der Waals surface area contributed by atoms with E-state index in [2.05, 4.69) is 13.8 Å². The van der Waals surface area contributed by atoms with Crippen molar-refractivity contribution in [2.45, 2.75) is 129 Å². The molecule has 0 bridgehead atoms. The van der Waals surface area contributed by atoms with Crippen molar-refractivity contribution in [1.82, 2.24) is 0 Å². The molecule has 0 aliphatic heterocycles. The monoisotopic (exact) mass is 412 g/mol. The standard InChI is InChI=1S/C30H52/c1-3-5-8-21(7-4-2)22-11-13-23(14-12-22)27-19-17-26-16-15-24-9-6-10-25-18-20-28(27)30(26)29(24)25/h21-30H,3-20H2,1-2H3. The van der Waals surface area contributed by atoms with Crippen LogP contribution in [-0.2, 0) is 0 Å². The van der Waals surface area contributed by atoms with Gasteiger partial charge >= 0.3 is 0 Å². The quantitative estimate of drug-likeness (QED) is 0.391. The minimum Gasteiger partial charge on any atom is -0.0654 e. The summed E-state index contributed by atoms with van der Waals surface area (Å²) >= 11 is 0. The van der Waals surface area contributed by atoms with Gasteiger partial charge in [-0.05, 0) is 123 Å². The largest absolute Gasteiger partial charge is 0.0654 e. The minimum atomic E-state index is 1.06. The number of unbranched alkanes of at least 4 members (excludes halogenated alkanes) is 1. The van der Waals surface area contributed by atoms with Crippen molar-refractivity contribution in [2.75, 3.05) is 0 Å². The molecule has 8 atom stereocenters. The molecule has 8 unspecified atom stereocenters. The number of hydrogen-bond acceptors (Lipinski definition) is 0. The highest BCUT2D eigenvalue weighted by Gasteiger charge is 2.54. The lowest BCUT2D eigenvalue weighted by Crippen LogP contribution is -2.52. The Balaban J connectivity index is 1.23. The highest BCUT2D eigenvalue weighted by atomic mass is 14.6. The van der Waals surface area contributed by atoms with Crippen LogP contribution < -0.4 is 0 Å². The Morgan fingerprint density at radius 3 is 1.80 bits per heavy atom. The van der Waals surface area contributed by atoms with Crippen molar-refractivity contribution in [3.05, 3.63) is 0 Å². The van der Waals surface area contributed by atoms with Crippen LogP contribution in [0.15, 0.2) is 0 Å². The third-order valence-corrected chi connectivity index (χ3v) is 11.6. The smallest absolute Gasteiger partial charge is 0.0321 e. The summed E-state index contributed by atoms with van der Waals surface area (Å²) in [7, 11) is 0. The molecule has 0 aromatic rings. The summed E-state index contributed by atoms with van der Waals surface area (Å²) in [6, 6.07) is 0. The summed E-state index contributed by atoms with van der Waals surface area (Å²) < 4.78 is 0. The predicted octanol–water partition coefficient (Wildman–Crippen LogP) is 9.28. The first kappa shape index (κ1) is 21.8. The van der Waals surface area contributed by atoms with Gasteiger partial charge in [-0.2, -0.15) is 0 Å². The Morgan fingerprint density at radius 2 is 1.13 bits per heavy atom. The van der Waals surface area contributed by atoms with Crippen molar-refractivity contribution in [3.63, 3.8) is 0 Å². The lowest BCUT2D eigenvalue weighted by molar-refractivity contribution is -0.110. The molecule has 0 amide bonds. The van der Waals surface area contributed by atoms with Crippen molar-refractivity contribution in [2.24, 2.45) is 59.2 Å². The third kappa shape index (κ3) is 4.17. The molecule has 5 aliphatic carbocycles. The maximum atomic E-state index is 2.42. The zero-order valence-corrected chi connectivity index (χ0v) is 20.5. The molecule has 0 aromatic heterocycles. The van der Waals surface area contributed by atoms with Crippen molar-refractivity contribution in [1.29, 1.82) is 0 Å². The van der Waals surface area contributed by atoms with E-state index < -0.39 is 0 Å². The molecule has 0 nitrogen and oxygen atoms in total. The van der Waals surface area contributed by atoms with Gasteiger partial charge in [0, 0.05) is 0 Å². The Hall–Kier alpha value is 0. The first-order chi connectivity index (χ1) is 14.8. The van der Waals surface area contributed by atoms with E-state index in [1.54, 1.807) is 83.5 Å². The van der Waals surface area contributed by atoms with Crippen LogP contribution in [0.2, 0.25) is 0 Å². The molecule has 0 heterocycles. The topological polar surface area (TPSA) is 0 Å². The summed E-state index contributed by atoms with van der Waals surface area (Å²) in [6.07, 6.45) is 28.2. The fraction of sp³-hybridized carbons (Fsp3) is 1.00. The average molecular weight is 413 g/mol. The molecular weight excluding hydrogens is 360 g/mol. The molecule has 5 fully saturated rings. The summed E-state index contributed by atoms with van der Waals surface area (Å²) in [5.74, 6) is 11.3. The lowest BCUT2D eigenvalue weighted by atomic mass is 9.45. The van der Waals surface area contributed by atoms with E-state index in [0.717, 1.165) is 47.3 Å². The van der Waals surface area contributed by atoms with E-state index >= 15 is 0 Å². The Bertz CT molecular complexity index is 522. The maximum Gasteiger partial charge on any atom is -0.0321 e. The van der Waals surface area contributed by atoms with Crippen LogP contribution in [0.4, 0.5) is 0 Å². The predicted molar refractivity (Wildman–Crippen MR) is 129 cm³/mol. The second-order valence-corrected chi connectivity index (χ2v) is 12.8. The first-order valence-corrected chi connectivity index (χ1v) is 14.8. The van der Waals surface area contributed by atoms with E-state index in [0.29, 0.717) is 0 Å². The molecule has 0 heteroatoms.